The zero-order valence-corrected chi connectivity index (χ0v) is 15.5. The summed E-state index contributed by atoms with van der Waals surface area (Å²) in [6.45, 7) is 2.39. The monoisotopic (exact) mass is 367 g/mol. The molecule has 0 atom stereocenters. The Labute approximate surface area is 159 Å². The summed E-state index contributed by atoms with van der Waals surface area (Å²) in [6.07, 6.45) is 5.50. The van der Waals surface area contributed by atoms with E-state index >= 15 is 0 Å². The van der Waals surface area contributed by atoms with Crippen molar-refractivity contribution in [1.29, 1.82) is 0 Å². The smallest absolute Gasteiger partial charge is 0.274 e. The Bertz CT molecular complexity index is 801. The molecular formula is C21H25N3O3. The van der Waals surface area contributed by atoms with Crippen molar-refractivity contribution in [2.75, 3.05) is 11.9 Å². The maximum absolute atomic E-state index is 12.6. The van der Waals surface area contributed by atoms with E-state index in [1.165, 1.54) is 6.42 Å². The molecule has 1 aromatic heterocycles. The van der Waals surface area contributed by atoms with Gasteiger partial charge in [-0.2, -0.15) is 0 Å². The molecule has 27 heavy (non-hydrogen) atoms. The van der Waals surface area contributed by atoms with Crippen molar-refractivity contribution in [1.82, 2.24) is 10.3 Å². The van der Waals surface area contributed by atoms with Gasteiger partial charge in [-0.25, -0.2) is 4.98 Å². The lowest BCUT2D eigenvalue weighted by atomic mass is 9.95. The van der Waals surface area contributed by atoms with Crippen molar-refractivity contribution in [2.45, 2.75) is 45.1 Å². The molecule has 1 heterocycles. The van der Waals surface area contributed by atoms with E-state index in [0.29, 0.717) is 18.0 Å². The average molecular weight is 367 g/mol. The molecule has 2 amide bonds. The van der Waals surface area contributed by atoms with Gasteiger partial charge in [0, 0.05) is 6.04 Å². The number of nitrogens with zero attached hydrogens (tertiary/aromatic N) is 1. The third-order valence-corrected chi connectivity index (χ3v) is 4.59. The number of ether oxygens (including phenoxy) is 1. The SMILES string of the molecule is CCOc1ccccc1NC(=O)c1cccc(C(=O)NC2CCCCC2)n1. The molecule has 2 N–H and O–H groups in total. The van der Waals surface area contributed by atoms with Crippen LogP contribution in [0.25, 0.3) is 0 Å². The quantitative estimate of drug-likeness (QED) is 0.814. The van der Waals surface area contributed by atoms with Gasteiger partial charge in [0.2, 0.25) is 0 Å². The molecule has 0 saturated heterocycles. The van der Waals surface area contributed by atoms with Crippen LogP contribution in [-0.4, -0.2) is 29.4 Å². The van der Waals surface area contributed by atoms with Gasteiger partial charge in [-0.15, -0.1) is 0 Å². The minimum Gasteiger partial charge on any atom is -0.492 e. The Hall–Kier alpha value is -2.89. The number of nitrogens with one attached hydrogen (secondary N) is 2. The molecule has 2 aromatic rings. The number of hydrogen-bond donors (Lipinski definition) is 2. The van der Waals surface area contributed by atoms with E-state index in [0.717, 1.165) is 25.7 Å². The molecule has 0 radical (unpaired) electrons. The highest BCUT2D eigenvalue weighted by molar-refractivity contribution is 6.04. The molecule has 1 aliphatic carbocycles. The summed E-state index contributed by atoms with van der Waals surface area (Å²) < 4.78 is 5.52. The van der Waals surface area contributed by atoms with Crippen molar-refractivity contribution in [2.24, 2.45) is 0 Å². The predicted octanol–water partition coefficient (Wildman–Crippen LogP) is 3.80. The van der Waals surface area contributed by atoms with Crippen LogP contribution in [0.15, 0.2) is 42.5 Å². The second-order valence-electron chi connectivity index (χ2n) is 6.60. The Morgan fingerprint density at radius 3 is 2.44 bits per heavy atom. The number of aromatic nitrogens is 1. The van der Waals surface area contributed by atoms with Crippen LogP contribution >= 0.6 is 0 Å². The number of benzene rings is 1. The summed E-state index contributed by atoms with van der Waals surface area (Å²) in [4.78, 5) is 29.3. The summed E-state index contributed by atoms with van der Waals surface area (Å²) in [5.74, 6) is -0.0136. The van der Waals surface area contributed by atoms with Crippen LogP contribution in [-0.2, 0) is 0 Å². The maximum Gasteiger partial charge on any atom is 0.274 e. The van der Waals surface area contributed by atoms with Crippen LogP contribution in [0.3, 0.4) is 0 Å². The van der Waals surface area contributed by atoms with E-state index in [9.17, 15) is 9.59 Å². The molecule has 6 heteroatoms. The van der Waals surface area contributed by atoms with Crippen molar-refractivity contribution < 1.29 is 14.3 Å². The van der Waals surface area contributed by atoms with Gasteiger partial charge in [-0.1, -0.05) is 37.5 Å². The Morgan fingerprint density at radius 1 is 1.00 bits per heavy atom. The molecule has 1 aromatic carbocycles. The van der Waals surface area contributed by atoms with E-state index in [4.69, 9.17) is 4.74 Å². The van der Waals surface area contributed by atoms with Gasteiger partial charge in [0.1, 0.15) is 17.1 Å². The molecule has 0 unspecified atom stereocenters. The zero-order chi connectivity index (χ0) is 19.1. The summed E-state index contributed by atoms with van der Waals surface area (Å²) in [7, 11) is 0. The van der Waals surface area contributed by atoms with Gasteiger partial charge in [0.25, 0.3) is 11.8 Å². The zero-order valence-electron chi connectivity index (χ0n) is 15.5. The molecule has 0 aliphatic heterocycles. The number of anilines is 1. The van der Waals surface area contributed by atoms with E-state index < -0.39 is 0 Å². The van der Waals surface area contributed by atoms with Gasteiger partial charge in [0.05, 0.1) is 12.3 Å². The largest absolute Gasteiger partial charge is 0.492 e. The highest BCUT2D eigenvalue weighted by atomic mass is 16.5. The van der Waals surface area contributed by atoms with Crippen molar-refractivity contribution >= 4 is 17.5 Å². The lowest BCUT2D eigenvalue weighted by molar-refractivity contribution is 0.0922. The van der Waals surface area contributed by atoms with Crippen molar-refractivity contribution in [3.05, 3.63) is 53.9 Å². The lowest BCUT2D eigenvalue weighted by Gasteiger charge is -2.22. The Kier molecular flexibility index (Phi) is 6.41. The van der Waals surface area contributed by atoms with Gasteiger partial charge < -0.3 is 15.4 Å². The van der Waals surface area contributed by atoms with Crippen LogP contribution < -0.4 is 15.4 Å². The summed E-state index contributed by atoms with van der Waals surface area (Å²) in [5.41, 5.74) is 1.02. The van der Waals surface area contributed by atoms with Crippen LogP contribution in [0.5, 0.6) is 5.75 Å². The highest BCUT2D eigenvalue weighted by Crippen LogP contribution is 2.24. The fraction of sp³-hybridized carbons (Fsp3) is 0.381. The fourth-order valence-corrected chi connectivity index (χ4v) is 3.23. The third kappa shape index (κ3) is 5.06. The predicted molar refractivity (Wildman–Crippen MR) is 104 cm³/mol. The first-order valence-electron chi connectivity index (χ1n) is 9.48. The Morgan fingerprint density at radius 2 is 1.70 bits per heavy atom. The van der Waals surface area contributed by atoms with Gasteiger partial charge in [-0.05, 0) is 44.0 Å². The van der Waals surface area contributed by atoms with Crippen LogP contribution in [0.4, 0.5) is 5.69 Å². The first kappa shape index (κ1) is 18.9. The molecule has 1 saturated carbocycles. The molecule has 1 aliphatic rings. The van der Waals surface area contributed by atoms with Gasteiger partial charge in [0.15, 0.2) is 0 Å². The number of para-hydroxylation sites is 2. The van der Waals surface area contributed by atoms with E-state index in [2.05, 4.69) is 15.6 Å². The summed E-state index contributed by atoms with van der Waals surface area (Å²) >= 11 is 0. The number of rotatable bonds is 6. The summed E-state index contributed by atoms with van der Waals surface area (Å²) in [6, 6.07) is 12.3. The first-order chi connectivity index (χ1) is 13.2. The minimum absolute atomic E-state index is 0.192. The standard InChI is InChI=1S/C21H25N3O3/c1-2-27-19-14-7-6-11-16(19)24-21(26)18-13-8-12-17(23-18)20(25)22-15-9-4-3-5-10-15/h6-8,11-15H,2-5,9-10H2,1H3,(H,22,25)(H,24,26). The molecule has 0 spiro atoms. The first-order valence-corrected chi connectivity index (χ1v) is 9.48. The van der Waals surface area contributed by atoms with E-state index in [1.54, 1.807) is 30.3 Å². The van der Waals surface area contributed by atoms with Crippen LogP contribution in [0, 0.1) is 0 Å². The van der Waals surface area contributed by atoms with Crippen LogP contribution in [0.1, 0.15) is 60.0 Å². The lowest BCUT2D eigenvalue weighted by Crippen LogP contribution is -2.36. The summed E-state index contributed by atoms with van der Waals surface area (Å²) in [5, 5.41) is 5.82. The maximum atomic E-state index is 12.6. The minimum atomic E-state index is -0.380. The molecular weight excluding hydrogens is 342 g/mol. The highest BCUT2D eigenvalue weighted by Gasteiger charge is 2.19. The number of amides is 2. The normalized spacial score (nSPS) is 14.4. The van der Waals surface area contributed by atoms with Gasteiger partial charge in [-0.3, -0.25) is 9.59 Å². The van der Waals surface area contributed by atoms with Crippen molar-refractivity contribution in [3.63, 3.8) is 0 Å². The van der Waals surface area contributed by atoms with E-state index in [-0.39, 0.29) is 29.2 Å². The number of hydrogen-bond acceptors (Lipinski definition) is 4. The number of pyridine rings is 1. The van der Waals surface area contributed by atoms with Crippen LogP contribution in [0.2, 0.25) is 0 Å². The topological polar surface area (TPSA) is 80.3 Å². The molecule has 6 nitrogen and oxygen atoms in total. The molecule has 142 valence electrons. The molecule has 0 bridgehead atoms. The number of carbonyl (C=O) groups is 2. The average Bonchev–Trinajstić information content (AvgIpc) is 2.70. The van der Waals surface area contributed by atoms with Crippen molar-refractivity contribution in [3.8, 4) is 5.75 Å². The fourth-order valence-electron chi connectivity index (χ4n) is 3.23. The second-order valence-corrected chi connectivity index (χ2v) is 6.60. The number of carbonyl (C=O) groups excluding carboxylic acids is 2. The Balaban J connectivity index is 1.69. The molecule has 1 fully saturated rings. The third-order valence-electron chi connectivity index (χ3n) is 4.59. The van der Waals surface area contributed by atoms with E-state index in [1.807, 2.05) is 19.1 Å². The van der Waals surface area contributed by atoms with Gasteiger partial charge >= 0.3 is 0 Å². The molecule has 3 rings (SSSR count). The second kappa shape index (κ2) is 9.16.